The van der Waals surface area contributed by atoms with Crippen LogP contribution in [0.2, 0.25) is 0 Å². The average Bonchev–Trinajstić information content (AvgIpc) is 2.27. The van der Waals surface area contributed by atoms with E-state index in [4.69, 9.17) is 5.11 Å². The first-order valence-corrected chi connectivity index (χ1v) is 4.71. The molecule has 1 rings (SSSR count). The summed E-state index contributed by atoms with van der Waals surface area (Å²) in [5.41, 5.74) is 0.909. The molecule has 0 aliphatic carbocycles. The first-order chi connectivity index (χ1) is 7.59. The number of carboxylic acids is 1. The monoisotopic (exact) mass is 220 g/mol. The van der Waals surface area contributed by atoms with Crippen LogP contribution in [0.1, 0.15) is 18.5 Å². The van der Waals surface area contributed by atoms with E-state index in [1.54, 1.807) is 24.5 Å². The fraction of sp³-hybridized carbons (Fsp3) is 0.182. The van der Waals surface area contributed by atoms with Crippen LogP contribution in [-0.4, -0.2) is 22.0 Å². The van der Waals surface area contributed by atoms with Gasteiger partial charge in [-0.05, 0) is 24.6 Å². The maximum atomic E-state index is 11.3. The summed E-state index contributed by atoms with van der Waals surface area (Å²) in [4.78, 5) is 25.3. The van der Waals surface area contributed by atoms with Gasteiger partial charge in [0.1, 0.15) is 0 Å². The first-order valence-electron chi connectivity index (χ1n) is 4.71. The molecule has 0 unspecified atom stereocenters. The highest BCUT2D eigenvalue weighted by atomic mass is 16.4. The third kappa shape index (κ3) is 3.91. The van der Waals surface area contributed by atoms with Crippen molar-refractivity contribution in [3.8, 4) is 0 Å². The third-order valence-electron chi connectivity index (χ3n) is 1.94. The zero-order valence-corrected chi connectivity index (χ0v) is 8.75. The lowest BCUT2D eigenvalue weighted by molar-refractivity contribution is -0.131. The van der Waals surface area contributed by atoms with Gasteiger partial charge < -0.3 is 10.4 Å². The van der Waals surface area contributed by atoms with Crippen LogP contribution in [0.4, 0.5) is 0 Å². The number of hydrogen-bond donors (Lipinski definition) is 2. The van der Waals surface area contributed by atoms with Crippen molar-refractivity contribution in [1.82, 2.24) is 10.3 Å². The van der Waals surface area contributed by atoms with Crippen LogP contribution in [0.25, 0.3) is 0 Å². The van der Waals surface area contributed by atoms with Crippen LogP contribution in [0, 0.1) is 0 Å². The molecule has 5 nitrogen and oxygen atoms in total. The van der Waals surface area contributed by atoms with Crippen molar-refractivity contribution in [3.63, 3.8) is 0 Å². The second kappa shape index (κ2) is 5.65. The zero-order chi connectivity index (χ0) is 12.0. The number of rotatable bonds is 4. The Morgan fingerprint density at radius 1 is 1.38 bits per heavy atom. The molecule has 1 heterocycles. The summed E-state index contributed by atoms with van der Waals surface area (Å²) in [7, 11) is 0. The maximum Gasteiger partial charge on any atom is 0.328 e. The van der Waals surface area contributed by atoms with Crippen molar-refractivity contribution in [2.45, 2.75) is 13.0 Å². The second-order valence-electron chi connectivity index (χ2n) is 3.18. The molecule has 1 amide bonds. The van der Waals surface area contributed by atoms with Crippen LogP contribution in [0.3, 0.4) is 0 Å². The SMILES string of the molecule is C[C@@H](NC(=O)/C=C/C(=O)O)c1ccncc1. The maximum absolute atomic E-state index is 11.3. The van der Waals surface area contributed by atoms with Crippen molar-refractivity contribution in [2.24, 2.45) is 0 Å². The number of carboxylic acid groups (broad SMARTS) is 1. The van der Waals surface area contributed by atoms with E-state index in [-0.39, 0.29) is 6.04 Å². The van der Waals surface area contributed by atoms with Crippen molar-refractivity contribution < 1.29 is 14.7 Å². The van der Waals surface area contributed by atoms with Gasteiger partial charge in [-0.2, -0.15) is 0 Å². The summed E-state index contributed by atoms with van der Waals surface area (Å²) < 4.78 is 0. The predicted molar refractivity (Wildman–Crippen MR) is 57.6 cm³/mol. The number of carbonyl (C=O) groups is 2. The first kappa shape index (κ1) is 11.9. The molecule has 0 aliphatic rings. The number of nitrogens with one attached hydrogen (secondary N) is 1. The molecule has 0 fully saturated rings. The molecule has 1 aromatic heterocycles. The van der Waals surface area contributed by atoms with Crippen LogP contribution in [-0.2, 0) is 9.59 Å². The summed E-state index contributed by atoms with van der Waals surface area (Å²) in [5.74, 6) is -1.58. The molecule has 5 heteroatoms. The van der Waals surface area contributed by atoms with Gasteiger partial charge in [-0.3, -0.25) is 9.78 Å². The van der Waals surface area contributed by atoms with Gasteiger partial charge in [0.2, 0.25) is 5.91 Å². The molecule has 2 N–H and O–H groups in total. The molecule has 0 saturated heterocycles. The van der Waals surface area contributed by atoms with E-state index in [0.29, 0.717) is 0 Å². The largest absolute Gasteiger partial charge is 0.478 e. The normalized spacial score (nSPS) is 12.3. The Balaban J connectivity index is 2.55. The molecule has 0 saturated carbocycles. The molecule has 84 valence electrons. The predicted octanol–water partition coefficient (Wildman–Crippen LogP) is 0.900. The van der Waals surface area contributed by atoms with Crippen LogP contribution >= 0.6 is 0 Å². The van der Waals surface area contributed by atoms with E-state index >= 15 is 0 Å². The minimum Gasteiger partial charge on any atom is -0.478 e. The van der Waals surface area contributed by atoms with Gasteiger partial charge in [0.25, 0.3) is 0 Å². The minimum absolute atomic E-state index is 0.186. The lowest BCUT2D eigenvalue weighted by Gasteiger charge is -2.11. The smallest absolute Gasteiger partial charge is 0.328 e. The number of aromatic nitrogens is 1. The highest BCUT2D eigenvalue weighted by Gasteiger charge is 2.06. The van der Waals surface area contributed by atoms with Crippen molar-refractivity contribution in [1.29, 1.82) is 0 Å². The molecule has 0 radical (unpaired) electrons. The highest BCUT2D eigenvalue weighted by Crippen LogP contribution is 2.09. The Labute approximate surface area is 92.8 Å². The lowest BCUT2D eigenvalue weighted by Crippen LogP contribution is -2.24. The van der Waals surface area contributed by atoms with E-state index in [1.165, 1.54) is 0 Å². The average molecular weight is 220 g/mol. The van der Waals surface area contributed by atoms with Crippen molar-refractivity contribution in [3.05, 3.63) is 42.2 Å². The molecule has 16 heavy (non-hydrogen) atoms. The van der Waals surface area contributed by atoms with Crippen LogP contribution in [0.15, 0.2) is 36.7 Å². The Kier molecular flexibility index (Phi) is 4.20. The fourth-order valence-electron chi connectivity index (χ4n) is 1.14. The number of carbonyl (C=O) groups excluding carboxylic acids is 1. The van der Waals surface area contributed by atoms with Gasteiger partial charge in [0.05, 0.1) is 6.04 Å². The Morgan fingerprint density at radius 2 is 2.00 bits per heavy atom. The van der Waals surface area contributed by atoms with E-state index in [9.17, 15) is 9.59 Å². The second-order valence-corrected chi connectivity index (χ2v) is 3.18. The molecule has 0 spiro atoms. The summed E-state index contributed by atoms with van der Waals surface area (Å²) in [6, 6.07) is 3.38. The van der Waals surface area contributed by atoms with Gasteiger partial charge in [0, 0.05) is 24.5 Å². The molecule has 1 aromatic rings. The number of nitrogens with zero attached hydrogens (tertiary/aromatic N) is 1. The van der Waals surface area contributed by atoms with E-state index < -0.39 is 11.9 Å². The van der Waals surface area contributed by atoms with Crippen LogP contribution < -0.4 is 5.32 Å². The van der Waals surface area contributed by atoms with Gasteiger partial charge in [-0.15, -0.1) is 0 Å². The van der Waals surface area contributed by atoms with Crippen molar-refractivity contribution >= 4 is 11.9 Å². The Hall–Kier alpha value is -2.17. The number of aliphatic carboxylic acids is 1. The van der Waals surface area contributed by atoms with Crippen LogP contribution in [0.5, 0.6) is 0 Å². The third-order valence-corrected chi connectivity index (χ3v) is 1.94. The lowest BCUT2D eigenvalue weighted by atomic mass is 10.1. The fourth-order valence-corrected chi connectivity index (χ4v) is 1.14. The number of hydrogen-bond acceptors (Lipinski definition) is 3. The van der Waals surface area contributed by atoms with Gasteiger partial charge in [-0.1, -0.05) is 0 Å². The minimum atomic E-state index is -1.15. The zero-order valence-electron chi connectivity index (χ0n) is 8.75. The number of amides is 1. The molecule has 0 aromatic carbocycles. The molecule has 1 atom stereocenters. The topological polar surface area (TPSA) is 79.3 Å². The summed E-state index contributed by atoms with van der Waals surface area (Å²) in [6.45, 7) is 1.81. The van der Waals surface area contributed by atoms with Gasteiger partial charge >= 0.3 is 5.97 Å². The standard InChI is InChI=1S/C11H12N2O3/c1-8(9-4-6-12-7-5-9)13-10(14)2-3-11(15)16/h2-8H,1H3,(H,13,14)(H,15,16)/b3-2+/t8-/m1/s1. The van der Waals surface area contributed by atoms with E-state index in [2.05, 4.69) is 10.3 Å². The summed E-state index contributed by atoms with van der Waals surface area (Å²) >= 11 is 0. The van der Waals surface area contributed by atoms with Crippen molar-refractivity contribution in [2.75, 3.05) is 0 Å². The Morgan fingerprint density at radius 3 is 2.56 bits per heavy atom. The summed E-state index contributed by atoms with van der Waals surface area (Å²) in [6.07, 6.45) is 5.05. The molecule has 0 aliphatic heterocycles. The van der Waals surface area contributed by atoms with Gasteiger partial charge in [0.15, 0.2) is 0 Å². The molecular weight excluding hydrogens is 208 g/mol. The van der Waals surface area contributed by atoms with Gasteiger partial charge in [-0.25, -0.2) is 4.79 Å². The highest BCUT2D eigenvalue weighted by molar-refractivity contribution is 5.94. The molecular formula is C11H12N2O3. The quantitative estimate of drug-likeness (QED) is 0.739. The summed E-state index contributed by atoms with van der Waals surface area (Å²) in [5, 5.41) is 11.0. The van der Waals surface area contributed by atoms with E-state index in [0.717, 1.165) is 17.7 Å². The van der Waals surface area contributed by atoms with E-state index in [1.807, 2.05) is 6.92 Å². The Bertz CT molecular complexity index is 401. The number of pyridine rings is 1. The molecule has 0 bridgehead atoms.